The highest BCUT2D eigenvalue weighted by atomic mass is 16.5. The van der Waals surface area contributed by atoms with Crippen LogP contribution in [0.2, 0.25) is 0 Å². The Hall–Kier alpha value is -3.12. The summed E-state index contributed by atoms with van der Waals surface area (Å²) in [5, 5.41) is 7.44. The number of piperidine rings is 1. The maximum atomic E-state index is 12.9. The Balaban J connectivity index is 1.36. The lowest BCUT2D eigenvalue weighted by Gasteiger charge is -2.31. The second kappa shape index (κ2) is 9.35. The number of hydrogen-bond donors (Lipinski definition) is 1. The number of aromatic nitrogens is 2. The van der Waals surface area contributed by atoms with Gasteiger partial charge in [-0.1, -0.05) is 24.3 Å². The van der Waals surface area contributed by atoms with E-state index in [0.717, 1.165) is 55.0 Å². The maximum absolute atomic E-state index is 12.9. The third-order valence-corrected chi connectivity index (χ3v) is 6.16. The molecule has 1 amide bonds. The molecule has 0 bridgehead atoms. The predicted octanol–water partition coefficient (Wildman–Crippen LogP) is 4.25. The number of carbonyl (C=O) groups is 1. The highest BCUT2D eigenvalue weighted by Gasteiger charge is 2.26. The Bertz CT molecular complexity index is 1040. The first-order valence-electron chi connectivity index (χ1n) is 10.8. The Morgan fingerprint density at radius 2 is 2.00 bits per heavy atom. The Morgan fingerprint density at radius 1 is 1.19 bits per heavy atom. The van der Waals surface area contributed by atoms with Crippen LogP contribution in [0.5, 0.6) is 5.75 Å². The number of nitrogens with zero attached hydrogens (tertiary/aromatic N) is 3. The van der Waals surface area contributed by atoms with E-state index in [1.807, 2.05) is 60.4 Å². The zero-order valence-corrected chi connectivity index (χ0v) is 18.5. The first kappa shape index (κ1) is 21.1. The van der Waals surface area contributed by atoms with Gasteiger partial charge in [0.15, 0.2) is 0 Å². The van der Waals surface area contributed by atoms with E-state index in [1.165, 1.54) is 11.3 Å². The Morgan fingerprint density at radius 3 is 2.71 bits per heavy atom. The number of carbonyl (C=O) groups excluding carboxylic acids is 1. The molecule has 0 radical (unpaired) electrons. The molecule has 1 fully saturated rings. The monoisotopic (exact) mass is 418 g/mol. The number of methoxy groups -OCH3 is 1. The first-order valence-corrected chi connectivity index (χ1v) is 10.8. The van der Waals surface area contributed by atoms with E-state index in [1.54, 1.807) is 7.11 Å². The fraction of sp³-hybridized carbons (Fsp3) is 0.360. The van der Waals surface area contributed by atoms with Gasteiger partial charge in [0.05, 0.1) is 19.2 Å². The normalized spacial score (nSPS) is 16.8. The summed E-state index contributed by atoms with van der Waals surface area (Å²) in [6.45, 7) is 4.74. The zero-order chi connectivity index (χ0) is 21.8. The lowest BCUT2D eigenvalue weighted by atomic mass is 9.96. The lowest BCUT2D eigenvalue weighted by molar-refractivity contribution is -0.121. The van der Waals surface area contributed by atoms with Crippen molar-refractivity contribution in [2.45, 2.75) is 26.3 Å². The van der Waals surface area contributed by atoms with Crippen LogP contribution >= 0.6 is 0 Å². The summed E-state index contributed by atoms with van der Waals surface area (Å²) >= 11 is 0. The zero-order valence-electron chi connectivity index (χ0n) is 18.5. The molecule has 1 atom stereocenters. The maximum Gasteiger partial charge on any atom is 0.228 e. The van der Waals surface area contributed by atoms with Gasteiger partial charge in [-0.25, -0.2) is 0 Å². The van der Waals surface area contributed by atoms with Gasteiger partial charge in [-0.3, -0.25) is 14.4 Å². The van der Waals surface area contributed by atoms with Crippen molar-refractivity contribution >= 4 is 11.6 Å². The van der Waals surface area contributed by atoms with Crippen LogP contribution in [0.15, 0.2) is 54.7 Å². The smallest absolute Gasteiger partial charge is 0.228 e. The Labute approximate surface area is 183 Å². The number of aryl methyl sites for hydroxylation is 1. The molecule has 6 nitrogen and oxygen atoms in total. The van der Waals surface area contributed by atoms with Crippen LogP contribution in [-0.4, -0.2) is 40.8 Å². The molecule has 0 aliphatic carbocycles. The minimum Gasteiger partial charge on any atom is -0.497 e. The van der Waals surface area contributed by atoms with Crippen molar-refractivity contribution < 1.29 is 9.53 Å². The minimum absolute atomic E-state index is 0.00351. The van der Waals surface area contributed by atoms with Crippen LogP contribution in [0.1, 0.15) is 24.1 Å². The van der Waals surface area contributed by atoms with E-state index in [9.17, 15) is 4.79 Å². The number of rotatable bonds is 6. The second-order valence-corrected chi connectivity index (χ2v) is 8.25. The standard InChI is InChI=1S/C25H30N4O2/c1-18-22(15-26-28(18)2)17-29-13-5-7-21(16-29)25(30)27-23-11-9-19(10-12-23)20-6-4-8-24(14-20)31-3/h4,6,8-12,14-15,21H,5,7,13,16-17H2,1-3H3,(H,27,30)/t21-/m1/s1. The van der Waals surface area contributed by atoms with Gasteiger partial charge in [-0.2, -0.15) is 5.10 Å². The van der Waals surface area contributed by atoms with Crippen molar-refractivity contribution in [3.63, 3.8) is 0 Å². The third kappa shape index (κ3) is 4.97. The fourth-order valence-electron chi connectivity index (χ4n) is 4.15. The van der Waals surface area contributed by atoms with E-state index in [2.05, 4.69) is 28.3 Å². The largest absolute Gasteiger partial charge is 0.497 e. The molecule has 1 aromatic heterocycles. The molecule has 31 heavy (non-hydrogen) atoms. The van der Waals surface area contributed by atoms with E-state index in [-0.39, 0.29) is 11.8 Å². The van der Waals surface area contributed by atoms with Gasteiger partial charge in [0, 0.05) is 37.1 Å². The topological polar surface area (TPSA) is 59.4 Å². The highest BCUT2D eigenvalue weighted by molar-refractivity contribution is 5.93. The Kier molecular flexibility index (Phi) is 6.37. The van der Waals surface area contributed by atoms with Gasteiger partial charge < -0.3 is 10.1 Å². The molecule has 2 heterocycles. The number of ether oxygens (including phenoxy) is 1. The summed E-state index contributed by atoms with van der Waals surface area (Å²) in [6.07, 6.45) is 3.89. The van der Waals surface area contributed by atoms with Crippen molar-refractivity contribution in [2.24, 2.45) is 13.0 Å². The van der Waals surface area contributed by atoms with Gasteiger partial charge >= 0.3 is 0 Å². The van der Waals surface area contributed by atoms with Crippen LogP contribution in [0.4, 0.5) is 5.69 Å². The molecule has 1 saturated heterocycles. The number of hydrogen-bond acceptors (Lipinski definition) is 4. The first-order chi connectivity index (χ1) is 15.0. The highest BCUT2D eigenvalue weighted by Crippen LogP contribution is 2.26. The van der Waals surface area contributed by atoms with Crippen molar-refractivity contribution in [3.05, 3.63) is 66.0 Å². The third-order valence-electron chi connectivity index (χ3n) is 6.16. The SMILES string of the molecule is COc1cccc(-c2ccc(NC(=O)[C@@H]3CCCN(Cc4cnn(C)c4C)C3)cc2)c1. The molecule has 2 aromatic carbocycles. The second-order valence-electron chi connectivity index (χ2n) is 8.25. The van der Waals surface area contributed by atoms with E-state index >= 15 is 0 Å². The number of nitrogens with one attached hydrogen (secondary N) is 1. The summed E-state index contributed by atoms with van der Waals surface area (Å²) in [5.41, 5.74) is 5.43. The molecule has 1 N–H and O–H groups in total. The van der Waals surface area contributed by atoms with Crippen molar-refractivity contribution in [1.82, 2.24) is 14.7 Å². The van der Waals surface area contributed by atoms with Crippen molar-refractivity contribution in [1.29, 1.82) is 0 Å². The van der Waals surface area contributed by atoms with E-state index in [0.29, 0.717) is 0 Å². The minimum atomic E-state index is 0.00351. The van der Waals surface area contributed by atoms with Crippen LogP contribution in [-0.2, 0) is 18.4 Å². The molecular formula is C25H30N4O2. The molecule has 0 unspecified atom stereocenters. The average Bonchev–Trinajstić information content (AvgIpc) is 3.12. The number of amides is 1. The number of benzene rings is 2. The van der Waals surface area contributed by atoms with Gasteiger partial charge in [-0.05, 0) is 61.7 Å². The number of anilines is 1. The molecule has 4 rings (SSSR count). The van der Waals surface area contributed by atoms with Crippen LogP contribution in [0.3, 0.4) is 0 Å². The quantitative estimate of drug-likeness (QED) is 0.650. The molecule has 3 aromatic rings. The molecule has 6 heteroatoms. The lowest BCUT2D eigenvalue weighted by Crippen LogP contribution is -2.40. The van der Waals surface area contributed by atoms with Gasteiger partial charge in [0.25, 0.3) is 0 Å². The van der Waals surface area contributed by atoms with Crippen molar-refractivity contribution in [2.75, 3.05) is 25.5 Å². The molecule has 1 aliphatic rings. The molecular weight excluding hydrogens is 388 g/mol. The van der Waals surface area contributed by atoms with E-state index in [4.69, 9.17) is 4.74 Å². The summed E-state index contributed by atoms with van der Waals surface area (Å²) in [6, 6.07) is 16.0. The molecule has 0 spiro atoms. The molecule has 162 valence electrons. The van der Waals surface area contributed by atoms with Gasteiger partial charge in [0.1, 0.15) is 5.75 Å². The van der Waals surface area contributed by atoms with Crippen molar-refractivity contribution in [3.8, 4) is 16.9 Å². The van der Waals surface area contributed by atoms with Gasteiger partial charge in [-0.15, -0.1) is 0 Å². The average molecular weight is 419 g/mol. The van der Waals surface area contributed by atoms with E-state index < -0.39 is 0 Å². The van der Waals surface area contributed by atoms with Crippen LogP contribution < -0.4 is 10.1 Å². The van der Waals surface area contributed by atoms with Crippen LogP contribution in [0, 0.1) is 12.8 Å². The molecule has 0 saturated carbocycles. The van der Waals surface area contributed by atoms with Gasteiger partial charge in [0.2, 0.25) is 5.91 Å². The fourth-order valence-corrected chi connectivity index (χ4v) is 4.15. The summed E-state index contributed by atoms with van der Waals surface area (Å²) in [4.78, 5) is 15.3. The molecule has 1 aliphatic heterocycles. The van der Waals surface area contributed by atoms with Crippen LogP contribution in [0.25, 0.3) is 11.1 Å². The predicted molar refractivity (Wildman–Crippen MR) is 123 cm³/mol. The summed E-state index contributed by atoms with van der Waals surface area (Å²) in [5.74, 6) is 0.934. The number of likely N-dealkylation sites (tertiary alicyclic amines) is 1. The summed E-state index contributed by atoms with van der Waals surface area (Å²) in [7, 11) is 3.63. The summed E-state index contributed by atoms with van der Waals surface area (Å²) < 4.78 is 7.21.